The molecule has 0 aliphatic rings. The van der Waals surface area contributed by atoms with Crippen LogP contribution in [0.2, 0.25) is 0 Å². The van der Waals surface area contributed by atoms with Crippen molar-refractivity contribution in [3.8, 4) is 0 Å². The maximum atomic E-state index is 5.49. The Kier molecular flexibility index (Phi) is 3.86. The van der Waals surface area contributed by atoms with Crippen LogP contribution in [0.3, 0.4) is 0 Å². The summed E-state index contributed by atoms with van der Waals surface area (Å²) < 4.78 is 5.49. The van der Waals surface area contributed by atoms with Gasteiger partial charge in [0.2, 0.25) is 0 Å². The predicted molar refractivity (Wildman–Crippen MR) is 63.0 cm³/mol. The van der Waals surface area contributed by atoms with Crippen molar-refractivity contribution in [2.24, 2.45) is 0 Å². The topological polar surface area (TPSA) is 22.1 Å². The molecule has 0 fully saturated rings. The summed E-state index contributed by atoms with van der Waals surface area (Å²) >= 11 is 0. The van der Waals surface area contributed by atoms with E-state index in [1.807, 2.05) is 20.0 Å². The third kappa shape index (κ3) is 3.31. The van der Waals surface area contributed by atoms with Crippen LogP contribution in [0.4, 0.5) is 0 Å². The highest BCUT2D eigenvalue weighted by atomic mass is 16.5. The van der Waals surface area contributed by atoms with Crippen LogP contribution < -0.4 is 0 Å². The Morgan fingerprint density at radius 3 is 2.40 bits per heavy atom. The lowest BCUT2D eigenvalue weighted by atomic mass is 9.88. The molecule has 2 nitrogen and oxygen atoms in total. The highest BCUT2D eigenvalue weighted by molar-refractivity contribution is 5.21. The van der Waals surface area contributed by atoms with E-state index < -0.39 is 0 Å². The third-order valence-corrected chi connectivity index (χ3v) is 2.49. The van der Waals surface area contributed by atoms with Gasteiger partial charge >= 0.3 is 0 Å². The zero-order chi connectivity index (χ0) is 11.5. The summed E-state index contributed by atoms with van der Waals surface area (Å²) in [5.41, 5.74) is 2.43. The zero-order valence-corrected chi connectivity index (χ0v) is 10.4. The van der Waals surface area contributed by atoms with Gasteiger partial charge in [-0.15, -0.1) is 0 Å². The third-order valence-electron chi connectivity index (χ3n) is 2.49. The number of hydrogen-bond acceptors (Lipinski definition) is 2. The highest BCUT2D eigenvalue weighted by Crippen LogP contribution is 2.22. The molecule has 0 saturated carbocycles. The Balaban J connectivity index is 2.81. The number of pyridine rings is 1. The first-order valence-electron chi connectivity index (χ1n) is 5.53. The van der Waals surface area contributed by atoms with Crippen molar-refractivity contribution >= 4 is 0 Å². The minimum Gasteiger partial charge on any atom is -0.373 e. The molecule has 15 heavy (non-hydrogen) atoms. The van der Waals surface area contributed by atoms with Gasteiger partial charge in [-0.05, 0) is 30.9 Å². The molecule has 0 radical (unpaired) electrons. The molecule has 0 aliphatic carbocycles. The van der Waals surface area contributed by atoms with Crippen molar-refractivity contribution in [3.63, 3.8) is 0 Å². The van der Waals surface area contributed by atoms with Crippen LogP contribution in [0.15, 0.2) is 18.3 Å². The number of rotatable bonds is 3. The number of aromatic nitrogens is 1. The second kappa shape index (κ2) is 4.75. The Labute approximate surface area is 92.7 Å². The first kappa shape index (κ1) is 12.2. The molecule has 1 atom stereocenters. The van der Waals surface area contributed by atoms with Crippen molar-refractivity contribution in [1.29, 1.82) is 0 Å². The molecule has 1 aromatic heterocycles. The van der Waals surface area contributed by atoms with E-state index in [1.165, 1.54) is 5.56 Å². The summed E-state index contributed by atoms with van der Waals surface area (Å²) in [5, 5.41) is 0. The van der Waals surface area contributed by atoms with Gasteiger partial charge in [-0.2, -0.15) is 0 Å². The van der Waals surface area contributed by atoms with Crippen LogP contribution in [0.25, 0.3) is 0 Å². The average molecular weight is 207 g/mol. The van der Waals surface area contributed by atoms with Crippen molar-refractivity contribution in [2.45, 2.75) is 46.1 Å². The lowest BCUT2D eigenvalue weighted by Crippen LogP contribution is -2.12. The molecule has 0 N–H and O–H groups in total. The van der Waals surface area contributed by atoms with E-state index in [9.17, 15) is 0 Å². The Bertz CT molecular complexity index is 297. The first-order chi connectivity index (χ1) is 6.95. The first-order valence-corrected chi connectivity index (χ1v) is 5.53. The van der Waals surface area contributed by atoms with Crippen molar-refractivity contribution in [1.82, 2.24) is 4.98 Å². The smallest absolute Gasteiger partial charge is 0.0966 e. The van der Waals surface area contributed by atoms with Gasteiger partial charge in [0.25, 0.3) is 0 Å². The van der Waals surface area contributed by atoms with Crippen molar-refractivity contribution in [2.75, 3.05) is 6.61 Å². The molecule has 0 spiro atoms. The maximum absolute atomic E-state index is 5.49. The van der Waals surface area contributed by atoms with Gasteiger partial charge in [-0.3, -0.25) is 4.98 Å². The lowest BCUT2D eigenvalue weighted by molar-refractivity contribution is 0.0733. The van der Waals surface area contributed by atoms with Gasteiger partial charge < -0.3 is 4.74 Å². The van der Waals surface area contributed by atoms with Gasteiger partial charge in [-0.25, -0.2) is 0 Å². The molecule has 1 rings (SSSR count). The molecule has 1 unspecified atom stereocenters. The quantitative estimate of drug-likeness (QED) is 0.757. The molecule has 1 heterocycles. The summed E-state index contributed by atoms with van der Waals surface area (Å²) in [6.07, 6.45) is 2.04. The molecule has 84 valence electrons. The van der Waals surface area contributed by atoms with E-state index in [1.54, 1.807) is 0 Å². The minimum atomic E-state index is 0.0871. The van der Waals surface area contributed by atoms with Gasteiger partial charge in [0.05, 0.1) is 11.8 Å². The molecular weight excluding hydrogens is 186 g/mol. The van der Waals surface area contributed by atoms with Crippen LogP contribution in [0.1, 0.15) is 52.0 Å². The average Bonchev–Trinajstić information content (AvgIpc) is 2.17. The van der Waals surface area contributed by atoms with E-state index >= 15 is 0 Å². The normalized spacial score (nSPS) is 13.9. The molecule has 0 bridgehead atoms. The Morgan fingerprint density at radius 1 is 1.33 bits per heavy atom. The summed E-state index contributed by atoms with van der Waals surface area (Å²) in [7, 11) is 0. The SMILES string of the molecule is CCOC(C)c1ccc(C(C)(C)C)cn1. The number of ether oxygens (including phenoxy) is 1. The molecule has 0 aliphatic heterocycles. The Hall–Kier alpha value is -0.890. The summed E-state index contributed by atoms with van der Waals surface area (Å²) in [5.74, 6) is 0. The van der Waals surface area contributed by atoms with Gasteiger partial charge in [0, 0.05) is 12.8 Å². The monoisotopic (exact) mass is 207 g/mol. The number of nitrogens with zero attached hydrogens (tertiary/aromatic N) is 1. The molecule has 2 heteroatoms. The highest BCUT2D eigenvalue weighted by Gasteiger charge is 2.14. The summed E-state index contributed by atoms with van der Waals surface area (Å²) in [6.45, 7) is 11.3. The van der Waals surface area contributed by atoms with E-state index in [-0.39, 0.29) is 11.5 Å². The van der Waals surface area contributed by atoms with Crippen LogP contribution in [-0.4, -0.2) is 11.6 Å². The van der Waals surface area contributed by atoms with E-state index in [4.69, 9.17) is 4.74 Å². The minimum absolute atomic E-state index is 0.0871. The van der Waals surface area contributed by atoms with Gasteiger partial charge in [-0.1, -0.05) is 26.8 Å². The van der Waals surface area contributed by atoms with Crippen LogP contribution >= 0.6 is 0 Å². The molecule has 0 aromatic carbocycles. The summed E-state index contributed by atoms with van der Waals surface area (Å²) in [4.78, 5) is 4.44. The van der Waals surface area contributed by atoms with Crippen molar-refractivity contribution in [3.05, 3.63) is 29.6 Å². The Morgan fingerprint density at radius 2 is 2.00 bits per heavy atom. The van der Waals surface area contributed by atoms with E-state index in [0.717, 1.165) is 12.3 Å². The van der Waals surface area contributed by atoms with E-state index in [2.05, 4.69) is 37.9 Å². The zero-order valence-electron chi connectivity index (χ0n) is 10.4. The van der Waals surface area contributed by atoms with E-state index in [0.29, 0.717) is 0 Å². The molecule has 0 saturated heterocycles. The second-order valence-electron chi connectivity index (χ2n) is 4.82. The largest absolute Gasteiger partial charge is 0.373 e. The molecule has 0 amide bonds. The van der Waals surface area contributed by atoms with Crippen LogP contribution in [0.5, 0.6) is 0 Å². The van der Waals surface area contributed by atoms with Crippen LogP contribution in [-0.2, 0) is 10.2 Å². The fraction of sp³-hybridized carbons (Fsp3) is 0.615. The van der Waals surface area contributed by atoms with Gasteiger partial charge in [0.15, 0.2) is 0 Å². The van der Waals surface area contributed by atoms with Crippen LogP contribution in [0, 0.1) is 0 Å². The lowest BCUT2D eigenvalue weighted by Gasteiger charge is -2.19. The maximum Gasteiger partial charge on any atom is 0.0966 e. The molecular formula is C13H21NO. The van der Waals surface area contributed by atoms with Crippen molar-refractivity contribution < 1.29 is 4.74 Å². The predicted octanol–water partition coefficient (Wildman–Crippen LogP) is 3.48. The number of hydrogen-bond donors (Lipinski definition) is 0. The fourth-order valence-corrected chi connectivity index (χ4v) is 1.42. The summed E-state index contributed by atoms with van der Waals surface area (Å²) in [6, 6.07) is 4.19. The molecule has 1 aromatic rings. The van der Waals surface area contributed by atoms with Gasteiger partial charge in [0.1, 0.15) is 0 Å². The fourth-order valence-electron chi connectivity index (χ4n) is 1.42. The standard InChI is InChI=1S/C13H21NO/c1-6-15-10(2)12-8-7-11(9-14-12)13(3,4)5/h7-10H,6H2,1-5H3. The second-order valence-corrected chi connectivity index (χ2v) is 4.82.